The Morgan fingerprint density at radius 3 is 2.41 bits per heavy atom. The van der Waals surface area contributed by atoms with E-state index >= 15 is 0 Å². The van der Waals surface area contributed by atoms with Crippen LogP contribution in [-0.2, 0) is 21.0 Å². The maximum Gasteiger partial charge on any atom is 0.418 e. The molecule has 1 N–H and O–H groups in total. The average molecular weight is 447 g/mol. The number of rotatable bonds is 4. The normalized spacial score (nSPS) is 18.4. The zero-order valence-electron chi connectivity index (χ0n) is 15.1. The maximum absolute atomic E-state index is 13.1. The Labute approximate surface area is 171 Å². The molecule has 156 valence electrons. The summed E-state index contributed by atoms with van der Waals surface area (Å²) in [6, 6.07) is 10.3. The molecule has 29 heavy (non-hydrogen) atoms. The van der Waals surface area contributed by atoms with Crippen LogP contribution in [0.25, 0.3) is 0 Å². The van der Waals surface area contributed by atoms with E-state index in [1.54, 1.807) is 0 Å². The quantitative estimate of drug-likeness (QED) is 0.757. The van der Waals surface area contributed by atoms with Crippen molar-refractivity contribution in [3.8, 4) is 0 Å². The predicted molar refractivity (Wildman–Crippen MR) is 103 cm³/mol. The minimum atomic E-state index is -4.61. The van der Waals surface area contributed by atoms with Gasteiger partial charge >= 0.3 is 6.18 Å². The SMILES string of the molecule is O=C(Nc1ccccc1C(F)(F)F)[C@H]1CCCN(S(=O)(=O)c2ccc(Cl)cc2)C1. The van der Waals surface area contributed by atoms with Gasteiger partial charge in [0, 0.05) is 18.1 Å². The summed E-state index contributed by atoms with van der Waals surface area (Å²) in [7, 11) is -3.83. The number of sulfonamides is 1. The lowest BCUT2D eigenvalue weighted by Gasteiger charge is -2.31. The molecule has 2 aromatic carbocycles. The monoisotopic (exact) mass is 446 g/mol. The first-order valence-electron chi connectivity index (χ1n) is 8.82. The average Bonchev–Trinajstić information content (AvgIpc) is 2.68. The Morgan fingerprint density at radius 2 is 1.76 bits per heavy atom. The fourth-order valence-electron chi connectivity index (χ4n) is 3.20. The number of hydrogen-bond acceptors (Lipinski definition) is 3. The molecule has 10 heteroatoms. The second-order valence-electron chi connectivity index (χ2n) is 6.69. The Kier molecular flexibility index (Phi) is 6.21. The van der Waals surface area contributed by atoms with Crippen molar-refractivity contribution in [1.82, 2.24) is 4.31 Å². The zero-order chi connectivity index (χ0) is 21.2. The molecule has 0 aliphatic carbocycles. The molecule has 1 aliphatic heterocycles. The molecule has 1 atom stereocenters. The molecule has 0 aromatic heterocycles. The predicted octanol–water partition coefficient (Wildman–Crippen LogP) is 4.40. The van der Waals surface area contributed by atoms with Gasteiger partial charge in [0.15, 0.2) is 0 Å². The van der Waals surface area contributed by atoms with Crippen LogP contribution in [0, 0.1) is 5.92 Å². The zero-order valence-corrected chi connectivity index (χ0v) is 16.7. The summed E-state index contributed by atoms with van der Waals surface area (Å²) in [6.07, 6.45) is -3.81. The molecular weight excluding hydrogens is 429 g/mol. The Bertz CT molecular complexity index is 995. The van der Waals surface area contributed by atoms with Gasteiger partial charge in [-0.15, -0.1) is 0 Å². The van der Waals surface area contributed by atoms with Crippen molar-refractivity contribution in [2.75, 3.05) is 18.4 Å². The van der Waals surface area contributed by atoms with Gasteiger partial charge in [-0.3, -0.25) is 4.79 Å². The summed E-state index contributed by atoms with van der Waals surface area (Å²) in [5, 5.41) is 2.70. The minimum absolute atomic E-state index is 0.0466. The number of benzene rings is 2. The van der Waals surface area contributed by atoms with Gasteiger partial charge in [0.2, 0.25) is 15.9 Å². The Balaban J connectivity index is 1.76. The molecule has 5 nitrogen and oxygen atoms in total. The van der Waals surface area contributed by atoms with Crippen LogP contribution in [0.5, 0.6) is 0 Å². The van der Waals surface area contributed by atoms with Crippen LogP contribution in [0.4, 0.5) is 18.9 Å². The van der Waals surface area contributed by atoms with E-state index < -0.39 is 33.6 Å². The summed E-state index contributed by atoms with van der Waals surface area (Å²) < 4.78 is 66.2. The number of nitrogens with zero attached hydrogens (tertiary/aromatic N) is 1. The molecule has 0 unspecified atom stereocenters. The summed E-state index contributed by atoms with van der Waals surface area (Å²) in [5.41, 5.74) is -1.29. The van der Waals surface area contributed by atoms with Gasteiger partial charge in [-0.25, -0.2) is 8.42 Å². The molecule has 0 radical (unpaired) electrons. The molecular formula is C19H18ClF3N2O3S. The number of piperidine rings is 1. The van der Waals surface area contributed by atoms with E-state index in [1.165, 1.54) is 46.8 Å². The van der Waals surface area contributed by atoms with Crippen LogP contribution >= 0.6 is 11.6 Å². The second kappa shape index (κ2) is 8.33. The largest absolute Gasteiger partial charge is 0.418 e. The fourth-order valence-corrected chi connectivity index (χ4v) is 4.85. The van der Waals surface area contributed by atoms with Gasteiger partial charge in [0.1, 0.15) is 0 Å². The smallest absolute Gasteiger partial charge is 0.325 e. The molecule has 3 rings (SSSR count). The lowest BCUT2D eigenvalue weighted by molar-refractivity contribution is -0.137. The molecule has 1 saturated heterocycles. The van der Waals surface area contributed by atoms with Crippen molar-refractivity contribution >= 4 is 33.2 Å². The van der Waals surface area contributed by atoms with Gasteiger partial charge < -0.3 is 5.32 Å². The third-order valence-electron chi connectivity index (χ3n) is 4.70. The summed E-state index contributed by atoms with van der Waals surface area (Å²) in [4.78, 5) is 12.6. The number of carbonyl (C=O) groups excluding carboxylic acids is 1. The first-order chi connectivity index (χ1) is 13.6. The number of amides is 1. The number of hydrogen-bond donors (Lipinski definition) is 1. The van der Waals surface area contributed by atoms with E-state index in [0.29, 0.717) is 17.9 Å². The molecule has 1 heterocycles. The topological polar surface area (TPSA) is 66.5 Å². The van der Waals surface area contributed by atoms with Crippen molar-refractivity contribution in [2.45, 2.75) is 23.9 Å². The highest BCUT2D eigenvalue weighted by Gasteiger charge is 2.36. The van der Waals surface area contributed by atoms with E-state index in [1.807, 2.05) is 0 Å². The van der Waals surface area contributed by atoms with Crippen molar-refractivity contribution < 1.29 is 26.4 Å². The van der Waals surface area contributed by atoms with Crippen LogP contribution in [0.3, 0.4) is 0 Å². The first kappa shape index (κ1) is 21.6. The highest BCUT2D eigenvalue weighted by molar-refractivity contribution is 7.89. The highest BCUT2D eigenvalue weighted by atomic mass is 35.5. The van der Waals surface area contributed by atoms with Gasteiger partial charge in [-0.1, -0.05) is 23.7 Å². The van der Waals surface area contributed by atoms with Crippen LogP contribution < -0.4 is 5.32 Å². The van der Waals surface area contributed by atoms with Crippen LogP contribution in [0.1, 0.15) is 18.4 Å². The standard InChI is InChI=1S/C19H18ClF3N2O3S/c20-14-7-9-15(10-8-14)29(27,28)25-11-3-4-13(12-25)18(26)24-17-6-2-1-5-16(17)19(21,22)23/h1-2,5-10,13H,3-4,11-12H2,(H,24,26)/t13-/m0/s1. The van der Waals surface area contributed by atoms with Crippen molar-refractivity contribution in [3.05, 3.63) is 59.1 Å². The number of nitrogens with one attached hydrogen (secondary N) is 1. The molecule has 0 bridgehead atoms. The van der Waals surface area contributed by atoms with Gasteiger partial charge in [-0.2, -0.15) is 17.5 Å². The number of alkyl halides is 3. The number of para-hydroxylation sites is 1. The van der Waals surface area contributed by atoms with E-state index in [4.69, 9.17) is 11.6 Å². The summed E-state index contributed by atoms with van der Waals surface area (Å²) >= 11 is 5.79. The molecule has 1 fully saturated rings. The van der Waals surface area contributed by atoms with E-state index in [9.17, 15) is 26.4 Å². The molecule has 0 saturated carbocycles. The second-order valence-corrected chi connectivity index (χ2v) is 9.06. The lowest BCUT2D eigenvalue weighted by atomic mass is 9.98. The fraction of sp³-hybridized carbons (Fsp3) is 0.316. The third kappa shape index (κ3) is 4.91. The number of anilines is 1. The lowest BCUT2D eigenvalue weighted by Crippen LogP contribution is -2.43. The highest BCUT2D eigenvalue weighted by Crippen LogP contribution is 2.35. The molecule has 2 aromatic rings. The molecule has 1 amide bonds. The summed E-state index contributed by atoms with van der Waals surface area (Å²) in [5.74, 6) is -1.40. The van der Waals surface area contributed by atoms with Crippen LogP contribution in [0.15, 0.2) is 53.4 Å². The van der Waals surface area contributed by atoms with Crippen LogP contribution in [-0.4, -0.2) is 31.7 Å². The molecule has 1 aliphatic rings. The number of halogens is 4. The number of carbonyl (C=O) groups is 1. The van der Waals surface area contributed by atoms with Crippen LogP contribution in [0.2, 0.25) is 5.02 Å². The van der Waals surface area contributed by atoms with Gasteiger partial charge in [-0.05, 0) is 49.2 Å². The minimum Gasteiger partial charge on any atom is -0.325 e. The van der Waals surface area contributed by atoms with Crippen molar-refractivity contribution in [2.24, 2.45) is 5.92 Å². The van der Waals surface area contributed by atoms with Crippen molar-refractivity contribution in [1.29, 1.82) is 0 Å². The Hall–Kier alpha value is -2.10. The van der Waals surface area contributed by atoms with Crippen molar-refractivity contribution in [3.63, 3.8) is 0 Å². The van der Waals surface area contributed by atoms with E-state index in [2.05, 4.69) is 5.32 Å². The first-order valence-corrected chi connectivity index (χ1v) is 10.6. The molecule has 0 spiro atoms. The Morgan fingerprint density at radius 1 is 1.10 bits per heavy atom. The third-order valence-corrected chi connectivity index (χ3v) is 6.83. The van der Waals surface area contributed by atoms with Gasteiger partial charge in [0.05, 0.1) is 22.1 Å². The summed E-state index contributed by atoms with van der Waals surface area (Å²) in [6.45, 7) is 0.124. The maximum atomic E-state index is 13.1. The van der Waals surface area contributed by atoms with E-state index in [-0.39, 0.29) is 23.7 Å². The van der Waals surface area contributed by atoms with E-state index in [0.717, 1.165) is 6.07 Å². The van der Waals surface area contributed by atoms with Gasteiger partial charge in [0.25, 0.3) is 0 Å².